The molecule has 0 aromatic heterocycles. The van der Waals surface area contributed by atoms with Crippen LogP contribution < -0.4 is 10.6 Å². The second-order valence-electron chi connectivity index (χ2n) is 5.81. The van der Waals surface area contributed by atoms with E-state index in [9.17, 15) is 9.59 Å². The Labute approximate surface area is 119 Å². The Hall–Kier alpha value is -1.30. The van der Waals surface area contributed by atoms with Gasteiger partial charge in [0, 0.05) is 25.2 Å². The zero-order valence-electron chi connectivity index (χ0n) is 12.1. The van der Waals surface area contributed by atoms with Crippen molar-refractivity contribution in [3.05, 3.63) is 0 Å². The molecule has 6 heteroatoms. The van der Waals surface area contributed by atoms with Crippen molar-refractivity contribution in [2.75, 3.05) is 19.6 Å². The Balaban J connectivity index is 1.59. The van der Waals surface area contributed by atoms with Gasteiger partial charge in [-0.3, -0.25) is 9.69 Å². The lowest BCUT2D eigenvalue weighted by molar-refractivity contribution is -0.141. The molecule has 2 rings (SSSR count). The quantitative estimate of drug-likeness (QED) is 0.651. The van der Waals surface area contributed by atoms with E-state index in [1.807, 2.05) is 0 Å². The maximum atomic E-state index is 11.7. The first-order chi connectivity index (χ1) is 9.60. The Morgan fingerprint density at radius 2 is 2.00 bits per heavy atom. The van der Waals surface area contributed by atoms with Crippen molar-refractivity contribution in [3.8, 4) is 0 Å². The molecule has 2 aliphatic rings. The summed E-state index contributed by atoms with van der Waals surface area (Å²) in [6.07, 6.45) is 4.52. The van der Waals surface area contributed by atoms with E-state index >= 15 is 0 Å². The second-order valence-corrected chi connectivity index (χ2v) is 5.81. The van der Waals surface area contributed by atoms with Gasteiger partial charge in [-0.2, -0.15) is 0 Å². The highest BCUT2D eigenvalue weighted by molar-refractivity contribution is 5.75. The molecule has 20 heavy (non-hydrogen) atoms. The number of amides is 2. The van der Waals surface area contributed by atoms with Crippen LogP contribution in [0.25, 0.3) is 0 Å². The zero-order valence-corrected chi connectivity index (χ0v) is 12.1. The van der Waals surface area contributed by atoms with Crippen LogP contribution in [0.2, 0.25) is 0 Å². The number of urea groups is 1. The van der Waals surface area contributed by atoms with E-state index in [0.717, 1.165) is 25.6 Å². The molecule has 3 N–H and O–H groups in total. The van der Waals surface area contributed by atoms with Crippen LogP contribution in [-0.2, 0) is 4.79 Å². The fourth-order valence-electron chi connectivity index (χ4n) is 2.92. The molecule has 0 aromatic carbocycles. The molecule has 0 saturated heterocycles. The van der Waals surface area contributed by atoms with Crippen LogP contribution in [0.5, 0.6) is 0 Å². The Kier molecular flexibility index (Phi) is 5.23. The minimum Gasteiger partial charge on any atom is -0.481 e. The average Bonchev–Trinajstić information content (AvgIpc) is 3.14. The number of hydrogen-bond acceptors (Lipinski definition) is 3. The molecule has 0 aliphatic heterocycles. The van der Waals surface area contributed by atoms with Gasteiger partial charge in [0.05, 0.1) is 5.92 Å². The van der Waals surface area contributed by atoms with Gasteiger partial charge in [0.2, 0.25) is 0 Å². The number of rotatable bonds is 7. The van der Waals surface area contributed by atoms with Crippen molar-refractivity contribution in [2.24, 2.45) is 5.92 Å². The van der Waals surface area contributed by atoms with Crippen molar-refractivity contribution >= 4 is 12.0 Å². The fourth-order valence-corrected chi connectivity index (χ4v) is 2.92. The summed E-state index contributed by atoms with van der Waals surface area (Å²) >= 11 is 0. The first kappa shape index (κ1) is 15.1. The van der Waals surface area contributed by atoms with E-state index in [1.54, 1.807) is 0 Å². The fraction of sp³-hybridized carbons (Fsp3) is 0.857. The topological polar surface area (TPSA) is 81.7 Å². The molecular formula is C14H25N3O3. The first-order valence-electron chi connectivity index (χ1n) is 7.61. The molecule has 2 aliphatic carbocycles. The van der Waals surface area contributed by atoms with Crippen LogP contribution in [0.4, 0.5) is 4.79 Å². The van der Waals surface area contributed by atoms with Crippen molar-refractivity contribution in [2.45, 2.75) is 51.1 Å². The third kappa shape index (κ3) is 4.37. The lowest BCUT2D eigenvalue weighted by atomic mass is 10.1. The maximum Gasteiger partial charge on any atom is 0.315 e. The van der Waals surface area contributed by atoms with Gasteiger partial charge in [0.25, 0.3) is 0 Å². The summed E-state index contributed by atoms with van der Waals surface area (Å²) in [6.45, 7) is 4.70. The number of hydrogen-bond donors (Lipinski definition) is 3. The molecule has 2 saturated carbocycles. The SMILES string of the molecule is CCN(CCNC(=O)N[C@H]1CC[C@@H](C(=O)O)C1)C1CC1. The predicted molar refractivity (Wildman–Crippen MR) is 75.6 cm³/mol. The lowest BCUT2D eigenvalue weighted by Crippen LogP contribution is -2.44. The molecular weight excluding hydrogens is 258 g/mol. The molecule has 6 nitrogen and oxygen atoms in total. The molecule has 2 fully saturated rings. The molecule has 0 unspecified atom stereocenters. The minimum atomic E-state index is -0.752. The van der Waals surface area contributed by atoms with Gasteiger partial charge in [-0.1, -0.05) is 6.92 Å². The standard InChI is InChI=1S/C14H25N3O3/c1-2-17(12-5-6-12)8-7-15-14(20)16-11-4-3-10(9-11)13(18)19/h10-12H,2-9H2,1H3,(H,18,19)(H2,15,16,20)/t10-,11+/m1/s1. The summed E-state index contributed by atoms with van der Waals surface area (Å²) < 4.78 is 0. The van der Waals surface area contributed by atoms with Gasteiger partial charge < -0.3 is 15.7 Å². The van der Waals surface area contributed by atoms with E-state index in [4.69, 9.17) is 5.11 Å². The lowest BCUT2D eigenvalue weighted by Gasteiger charge is -2.20. The van der Waals surface area contributed by atoms with E-state index < -0.39 is 5.97 Å². The van der Waals surface area contributed by atoms with Gasteiger partial charge >= 0.3 is 12.0 Å². The largest absolute Gasteiger partial charge is 0.481 e. The average molecular weight is 283 g/mol. The Bertz CT molecular complexity index is 358. The van der Waals surface area contributed by atoms with Crippen molar-refractivity contribution in [1.82, 2.24) is 15.5 Å². The van der Waals surface area contributed by atoms with Gasteiger partial charge in [-0.25, -0.2) is 4.79 Å². The van der Waals surface area contributed by atoms with Crippen LogP contribution in [0.3, 0.4) is 0 Å². The third-order valence-corrected chi connectivity index (χ3v) is 4.27. The summed E-state index contributed by atoms with van der Waals surface area (Å²) in [7, 11) is 0. The third-order valence-electron chi connectivity index (χ3n) is 4.27. The smallest absolute Gasteiger partial charge is 0.315 e. The Morgan fingerprint density at radius 3 is 2.55 bits per heavy atom. The van der Waals surface area contributed by atoms with Crippen molar-refractivity contribution in [1.29, 1.82) is 0 Å². The summed E-state index contributed by atoms with van der Waals surface area (Å²) in [5.41, 5.74) is 0. The summed E-state index contributed by atoms with van der Waals surface area (Å²) in [4.78, 5) is 25.0. The summed E-state index contributed by atoms with van der Waals surface area (Å²) in [5, 5.41) is 14.6. The van der Waals surface area contributed by atoms with Crippen LogP contribution in [0, 0.1) is 5.92 Å². The minimum absolute atomic E-state index is 0.00168. The molecule has 0 radical (unpaired) electrons. The highest BCUT2D eigenvalue weighted by Crippen LogP contribution is 2.26. The second kappa shape index (κ2) is 6.92. The van der Waals surface area contributed by atoms with E-state index in [0.29, 0.717) is 19.4 Å². The molecule has 2 atom stereocenters. The molecule has 2 amide bonds. The van der Waals surface area contributed by atoms with Crippen molar-refractivity contribution < 1.29 is 14.7 Å². The summed E-state index contributed by atoms with van der Waals surface area (Å²) in [6, 6.07) is 0.547. The van der Waals surface area contributed by atoms with Gasteiger partial charge in [0.1, 0.15) is 0 Å². The number of nitrogens with zero attached hydrogens (tertiary/aromatic N) is 1. The number of carboxylic acid groups (broad SMARTS) is 1. The molecule has 0 aromatic rings. The zero-order chi connectivity index (χ0) is 14.5. The highest BCUT2D eigenvalue weighted by atomic mass is 16.4. The maximum absolute atomic E-state index is 11.7. The number of carboxylic acids is 1. The van der Waals surface area contributed by atoms with Crippen LogP contribution in [0.1, 0.15) is 39.0 Å². The molecule has 0 heterocycles. The summed E-state index contributed by atoms with van der Waals surface area (Å²) in [5.74, 6) is -1.05. The molecule has 0 spiro atoms. The van der Waals surface area contributed by atoms with E-state index in [-0.39, 0.29) is 18.0 Å². The van der Waals surface area contributed by atoms with Crippen LogP contribution in [-0.4, -0.2) is 53.7 Å². The Morgan fingerprint density at radius 1 is 1.25 bits per heavy atom. The normalized spacial score (nSPS) is 25.7. The highest BCUT2D eigenvalue weighted by Gasteiger charge is 2.30. The van der Waals surface area contributed by atoms with E-state index in [1.165, 1.54) is 12.8 Å². The van der Waals surface area contributed by atoms with Crippen LogP contribution >= 0.6 is 0 Å². The van der Waals surface area contributed by atoms with E-state index in [2.05, 4.69) is 22.5 Å². The first-order valence-corrected chi connectivity index (χ1v) is 7.61. The van der Waals surface area contributed by atoms with Gasteiger partial charge in [0.15, 0.2) is 0 Å². The number of nitrogens with one attached hydrogen (secondary N) is 2. The van der Waals surface area contributed by atoms with Gasteiger partial charge in [-0.05, 0) is 38.6 Å². The number of likely N-dealkylation sites (N-methyl/N-ethyl adjacent to an activating group) is 1. The number of aliphatic carboxylic acids is 1. The van der Waals surface area contributed by atoms with Crippen molar-refractivity contribution in [3.63, 3.8) is 0 Å². The van der Waals surface area contributed by atoms with Crippen LogP contribution in [0.15, 0.2) is 0 Å². The molecule has 114 valence electrons. The number of carbonyl (C=O) groups is 2. The molecule has 0 bridgehead atoms. The predicted octanol–water partition coefficient (Wildman–Crippen LogP) is 1.02. The number of carbonyl (C=O) groups excluding carboxylic acids is 1. The van der Waals surface area contributed by atoms with Gasteiger partial charge in [-0.15, -0.1) is 0 Å². The monoisotopic (exact) mass is 283 g/mol.